The van der Waals surface area contributed by atoms with Crippen LogP contribution in [0, 0.1) is 0 Å². The highest BCUT2D eigenvalue weighted by Gasteiger charge is 2.21. The number of nitrogens with zero attached hydrogens (tertiary/aromatic N) is 4. The number of carbonyl (C=O) groups excluding carboxylic acids is 2. The van der Waals surface area contributed by atoms with Gasteiger partial charge in [0, 0.05) is 17.7 Å². The smallest absolute Gasteiger partial charge is 0.326 e. The standard InChI is InChI=1S/C31H36N8O4/c1-31(2,3)21-13-11-19(12-14-21)27(40)34-16-4-5-23(29(42)43)37-28(41)20-9-6-18(7-10-20)8-15-22-17-35-26-24(36-22)25(32)38-30(33)39-26/h6-7,9-14,17,23H,4-5,8,15-16H2,1-3H3,(H,34,40)(H,37,41)(H,42,43)(H4,32,33,35,38,39)/t23-/m0/s1. The number of aryl methyl sites for hydroxylation is 2. The van der Waals surface area contributed by atoms with Crippen molar-refractivity contribution >= 4 is 40.7 Å². The molecule has 0 saturated heterocycles. The van der Waals surface area contributed by atoms with Gasteiger partial charge < -0.3 is 27.2 Å². The Kier molecular flexibility index (Phi) is 9.49. The quantitative estimate of drug-likeness (QED) is 0.163. The van der Waals surface area contributed by atoms with E-state index in [1.54, 1.807) is 42.6 Å². The topological polar surface area (TPSA) is 199 Å². The summed E-state index contributed by atoms with van der Waals surface area (Å²) in [5.74, 6) is -1.66. The van der Waals surface area contributed by atoms with Gasteiger partial charge in [-0.15, -0.1) is 0 Å². The Labute approximate surface area is 249 Å². The van der Waals surface area contributed by atoms with Gasteiger partial charge in [0.15, 0.2) is 17.0 Å². The molecule has 2 heterocycles. The molecule has 0 unspecified atom stereocenters. The third-order valence-corrected chi connectivity index (χ3v) is 6.96. The summed E-state index contributed by atoms with van der Waals surface area (Å²) < 4.78 is 0. The lowest BCUT2D eigenvalue weighted by atomic mass is 9.87. The first-order chi connectivity index (χ1) is 20.4. The second kappa shape index (κ2) is 13.2. The number of rotatable bonds is 11. The van der Waals surface area contributed by atoms with E-state index in [1.807, 2.05) is 12.1 Å². The SMILES string of the molecule is CC(C)(C)c1ccc(C(=O)NCCC[C@H](NC(=O)c2ccc(CCc3cnc4nc(N)nc(N)c4n3)cc2)C(=O)O)cc1. The van der Waals surface area contributed by atoms with Crippen molar-refractivity contribution in [3.8, 4) is 0 Å². The molecule has 0 bridgehead atoms. The van der Waals surface area contributed by atoms with Crippen molar-refractivity contribution in [2.75, 3.05) is 18.0 Å². The van der Waals surface area contributed by atoms with Gasteiger partial charge in [-0.1, -0.05) is 45.0 Å². The van der Waals surface area contributed by atoms with Gasteiger partial charge in [-0.3, -0.25) is 9.59 Å². The summed E-state index contributed by atoms with van der Waals surface area (Å²) in [6, 6.07) is 13.2. The first-order valence-corrected chi connectivity index (χ1v) is 14.0. The van der Waals surface area contributed by atoms with Crippen LogP contribution in [0.1, 0.15) is 71.1 Å². The maximum atomic E-state index is 12.8. The molecular weight excluding hydrogens is 548 g/mol. The molecule has 1 atom stereocenters. The Bertz CT molecular complexity index is 1620. The first-order valence-electron chi connectivity index (χ1n) is 14.0. The zero-order valence-corrected chi connectivity index (χ0v) is 24.4. The Morgan fingerprint density at radius 3 is 2.19 bits per heavy atom. The van der Waals surface area contributed by atoms with Crippen LogP contribution in [0.15, 0.2) is 54.7 Å². The number of fused-ring (bicyclic) bond motifs is 1. The predicted molar refractivity (Wildman–Crippen MR) is 163 cm³/mol. The van der Waals surface area contributed by atoms with Gasteiger partial charge in [-0.2, -0.15) is 9.97 Å². The fraction of sp³-hybridized carbons (Fsp3) is 0.323. The second-order valence-electron chi connectivity index (χ2n) is 11.3. The third kappa shape index (κ3) is 8.22. The molecule has 12 nitrogen and oxygen atoms in total. The van der Waals surface area contributed by atoms with E-state index in [4.69, 9.17) is 11.5 Å². The highest BCUT2D eigenvalue weighted by Crippen LogP contribution is 2.22. The summed E-state index contributed by atoms with van der Waals surface area (Å²) in [6.45, 7) is 6.59. The van der Waals surface area contributed by atoms with E-state index >= 15 is 0 Å². The van der Waals surface area contributed by atoms with Crippen LogP contribution in [-0.4, -0.2) is 55.4 Å². The van der Waals surface area contributed by atoms with Crippen LogP contribution in [0.2, 0.25) is 0 Å². The minimum absolute atomic E-state index is 0.00977. The average Bonchev–Trinajstić information content (AvgIpc) is 2.97. The van der Waals surface area contributed by atoms with E-state index in [2.05, 4.69) is 51.3 Å². The fourth-order valence-electron chi connectivity index (χ4n) is 4.43. The van der Waals surface area contributed by atoms with Gasteiger partial charge in [-0.25, -0.2) is 14.8 Å². The highest BCUT2D eigenvalue weighted by molar-refractivity contribution is 5.96. The van der Waals surface area contributed by atoms with E-state index in [9.17, 15) is 19.5 Å². The Hall–Kier alpha value is -5.13. The lowest BCUT2D eigenvalue weighted by Crippen LogP contribution is -2.41. The monoisotopic (exact) mass is 584 g/mol. The van der Waals surface area contributed by atoms with E-state index < -0.39 is 17.9 Å². The summed E-state index contributed by atoms with van der Waals surface area (Å²) in [5, 5.41) is 15.0. The number of benzene rings is 2. The zero-order valence-electron chi connectivity index (χ0n) is 24.4. The first kappa shape index (κ1) is 30.8. The molecule has 43 heavy (non-hydrogen) atoms. The molecule has 7 N–H and O–H groups in total. The molecule has 0 spiro atoms. The predicted octanol–water partition coefficient (Wildman–Crippen LogP) is 3.06. The number of hydrogen-bond donors (Lipinski definition) is 5. The minimum atomic E-state index is -1.14. The van der Waals surface area contributed by atoms with Crippen LogP contribution in [0.4, 0.5) is 11.8 Å². The molecule has 2 amide bonds. The number of aliphatic carboxylic acids is 1. The molecule has 4 aromatic rings. The van der Waals surface area contributed by atoms with E-state index in [0.717, 1.165) is 11.1 Å². The maximum absolute atomic E-state index is 12.8. The third-order valence-electron chi connectivity index (χ3n) is 6.96. The lowest BCUT2D eigenvalue weighted by Gasteiger charge is -2.19. The molecular formula is C31H36N8O4. The molecule has 224 valence electrons. The van der Waals surface area contributed by atoms with Crippen molar-refractivity contribution in [2.24, 2.45) is 0 Å². The van der Waals surface area contributed by atoms with Crippen LogP contribution in [-0.2, 0) is 23.1 Å². The molecule has 0 fully saturated rings. The van der Waals surface area contributed by atoms with Crippen molar-refractivity contribution in [3.63, 3.8) is 0 Å². The van der Waals surface area contributed by atoms with Crippen LogP contribution >= 0.6 is 0 Å². The number of aromatic nitrogens is 4. The van der Waals surface area contributed by atoms with E-state index in [0.29, 0.717) is 47.2 Å². The number of nitrogens with one attached hydrogen (secondary N) is 2. The van der Waals surface area contributed by atoms with Crippen LogP contribution in [0.25, 0.3) is 11.2 Å². The number of nitrogens with two attached hydrogens (primary N) is 2. The summed E-state index contributed by atoms with van der Waals surface area (Å²) in [6.07, 6.45) is 3.35. The van der Waals surface area contributed by atoms with Gasteiger partial charge in [-0.05, 0) is 66.5 Å². The molecule has 0 radical (unpaired) electrons. The van der Waals surface area contributed by atoms with Crippen molar-refractivity contribution in [1.29, 1.82) is 0 Å². The van der Waals surface area contributed by atoms with Crippen LogP contribution in [0.3, 0.4) is 0 Å². The number of amides is 2. The number of anilines is 2. The molecule has 0 aliphatic carbocycles. The van der Waals surface area contributed by atoms with E-state index in [-0.39, 0.29) is 36.1 Å². The number of carboxylic acid groups (broad SMARTS) is 1. The van der Waals surface area contributed by atoms with Crippen LogP contribution in [0.5, 0.6) is 0 Å². The average molecular weight is 585 g/mol. The molecule has 2 aromatic carbocycles. The molecule has 0 aliphatic rings. The Morgan fingerprint density at radius 2 is 1.53 bits per heavy atom. The fourth-order valence-corrected chi connectivity index (χ4v) is 4.43. The molecule has 0 saturated carbocycles. The van der Waals surface area contributed by atoms with Crippen molar-refractivity contribution in [3.05, 3.63) is 82.7 Å². The lowest BCUT2D eigenvalue weighted by molar-refractivity contribution is -0.139. The zero-order chi connectivity index (χ0) is 31.1. The Balaban J connectivity index is 1.25. The van der Waals surface area contributed by atoms with Crippen molar-refractivity contribution in [1.82, 2.24) is 30.6 Å². The summed E-state index contributed by atoms with van der Waals surface area (Å²) in [7, 11) is 0. The van der Waals surface area contributed by atoms with Gasteiger partial charge in [0.05, 0.1) is 11.9 Å². The summed E-state index contributed by atoms with van der Waals surface area (Å²) in [4.78, 5) is 53.7. The highest BCUT2D eigenvalue weighted by atomic mass is 16.4. The summed E-state index contributed by atoms with van der Waals surface area (Å²) in [5.41, 5.74) is 15.9. The van der Waals surface area contributed by atoms with Crippen molar-refractivity contribution < 1.29 is 19.5 Å². The maximum Gasteiger partial charge on any atom is 0.326 e. The second-order valence-corrected chi connectivity index (χ2v) is 11.3. The van der Waals surface area contributed by atoms with E-state index in [1.165, 1.54) is 0 Å². The van der Waals surface area contributed by atoms with Gasteiger partial charge in [0.2, 0.25) is 5.95 Å². The molecule has 0 aliphatic heterocycles. The minimum Gasteiger partial charge on any atom is -0.480 e. The number of hydrogen-bond acceptors (Lipinski definition) is 9. The van der Waals surface area contributed by atoms with Crippen molar-refractivity contribution in [2.45, 2.75) is 57.9 Å². The van der Waals surface area contributed by atoms with Gasteiger partial charge >= 0.3 is 5.97 Å². The number of nitrogen functional groups attached to an aromatic ring is 2. The molecule has 2 aromatic heterocycles. The van der Waals surface area contributed by atoms with Gasteiger partial charge in [0.1, 0.15) is 6.04 Å². The van der Waals surface area contributed by atoms with Gasteiger partial charge in [0.25, 0.3) is 11.8 Å². The summed E-state index contributed by atoms with van der Waals surface area (Å²) >= 11 is 0. The number of carbonyl (C=O) groups is 3. The molecule has 4 rings (SSSR count). The Morgan fingerprint density at radius 1 is 0.884 bits per heavy atom. The van der Waals surface area contributed by atoms with Crippen LogP contribution < -0.4 is 22.1 Å². The normalized spacial score (nSPS) is 12.1. The number of carboxylic acids is 1. The molecule has 12 heteroatoms. The largest absolute Gasteiger partial charge is 0.480 e.